The van der Waals surface area contributed by atoms with Crippen LogP contribution in [0.15, 0.2) is 54.9 Å². The van der Waals surface area contributed by atoms with Crippen LogP contribution in [-0.2, 0) is 0 Å². The molecule has 38 heavy (non-hydrogen) atoms. The van der Waals surface area contributed by atoms with Crippen LogP contribution in [0.25, 0.3) is 0 Å². The molecule has 0 radical (unpaired) electrons. The van der Waals surface area contributed by atoms with Crippen molar-refractivity contribution in [2.75, 3.05) is 19.6 Å². The Morgan fingerprint density at radius 2 is 1.84 bits per heavy atom. The number of piperidine rings is 1. The van der Waals surface area contributed by atoms with Crippen molar-refractivity contribution < 1.29 is 9.53 Å². The number of hydrogen-bond acceptors (Lipinski definition) is 6. The van der Waals surface area contributed by atoms with E-state index in [1.807, 2.05) is 49.4 Å². The van der Waals surface area contributed by atoms with Gasteiger partial charge < -0.3 is 15.0 Å². The molecule has 1 saturated heterocycles. The normalized spacial score (nSPS) is 15.9. The molecule has 1 N–H and O–H groups in total. The first-order valence-electron chi connectivity index (χ1n) is 12.8. The minimum Gasteiger partial charge on any atom is -0.469 e. The highest BCUT2D eigenvalue weighted by Gasteiger charge is 2.31. The Hall–Kier alpha value is -3.18. The van der Waals surface area contributed by atoms with Crippen molar-refractivity contribution >= 4 is 29.1 Å². The molecule has 198 valence electrons. The molecule has 0 aliphatic carbocycles. The summed E-state index contributed by atoms with van der Waals surface area (Å²) in [6.45, 7) is 6.51. The zero-order valence-electron chi connectivity index (χ0n) is 21.5. The first-order valence-corrected chi connectivity index (χ1v) is 13.5. The largest absolute Gasteiger partial charge is 0.469 e. The number of nitrogens with zero attached hydrogens (tertiary/aromatic N) is 4. The standard InChI is InChI=1S/C29H31Cl2N5O2/c1-19-4-3-5-26(35-19)38-28(22-8-6-21(16-32)7-9-22)23-11-14-36(15-12-23)20(2)10-13-34-29(37)27-24(30)17-33-18-25(27)31/h3-9,17-18,20,23,28H,10-15H2,1-2H3,(H,34,37). The number of ether oxygens (including phenoxy) is 1. The summed E-state index contributed by atoms with van der Waals surface area (Å²) in [6.07, 6.45) is 5.42. The quantitative estimate of drug-likeness (QED) is 0.350. The second-order valence-corrected chi connectivity index (χ2v) is 10.4. The molecule has 2 aromatic heterocycles. The van der Waals surface area contributed by atoms with E-state index in [1.165, 1.54) is 12.4 Å². The number of benzene rings is 1. The molecule has 1 amide bonds. The number of nitriles is 1. The van der Waals surface area contributed by atoms with Crippen molar-refractivity contribution in [2.45, 2.75) is 45.3 Å². The van der Waals surface area contributed by atoms with Crippen LogP contribution in [0.1, 0.15) is 59.5 Å². The zero-order valence-corrected chi connectivity index (χ0v) is 23.0. The number of pyridine rings is 2. The van der Waals surface area contributed by atoms with Crippen LogP contribution >= 0.6 is 23.2 Å². The van der Waals surface area contributed by atoms with E-state index in [0.29, 0.717) is 29.9 Å². The molecular weight excluding hydrogens is 521 g/mol. The minimum absolute atomic E-state index is 0.149. The molecule has 3 heterocycles. The monoisotopic (exact) mass is 551 g/mol. The van der Waals surface area contributed by atoms with E-state index >= 15 is 0 Å². The van der Waals surface area contributed by atoms with Gasteiger partial charge in [-0.15, -0.1) is 0 Å². The number of halogens is 2. The smallest absolute Gasteiger partial charge is 0.254 e. The topological polar surface area (TPSA) is 91.1 Å². The average Bonchev–Trinajstić information content (AvgIpc) is 2.92. The molecule has 3 aromatic rings. The SMILES string of the molecule is Cc1cccc(OC(c2ccc(C#N)cc2)C2CCN(C(C)CCNC(=O)c3c(Cl)cncc3Cl)CC2)n1. The molecule has 0 spiro atoms. The van der Waals surface area contributed by atoms with Crippen molar-refractivity contribution in [3.63, 3.8) is 0 Å². The lowest BCUT2D eigenvalue weighted by Crippen LogP contribution is -2.43. The van der Waals surface area contributed by atoms with Gasteiger partial charge in [0.25, 0.3) is 5.91 Å². The average molecular weight is 553 g/mol. The van der Waals surface area contributed by atoms with Crippen LogP contribution < -0.4 is 10.1 Å². The molecule has 2 atom stereocenters. The third-order valence-corrected chi connectivity index (χ3v) is 7.61. The second kappa shape index (κ2) is 13.1. The Bertz CT molecular complexity index is 1270. The third-order valence-electron chi connectivity index (χ3n) is 7.03. The summed E-state index contributed by atoms with van der Waals surface area (Å²) in [5.41, 5.74) is 2.85. The lowest BCUT2D eigenvalue weighted by molar-refractivity contribution is 0.0579. The van der Waals surface area contributed by atoms with Gasteiger partial charge in [0.05, 0.1) is 27.2 Å². The fourth-order valence-electron chi connectivity index (χ4n) is 4.85. The summed E-state index contributed by atoms with van der Waals surface area (Å²) in [5, 5.41) is 12.6. The van der Waals surface area contributed by atoms with Gasteiger partial charge in [0.2, 0.25) is 5.88 Å². The zero-order chi connectivity index (χ0) is 27.1. The van der Waals surface area contributed by atoms with Gasteiger partial charge in [-0.1, -0.05) is 41.4 Å². The number of likely N-dealkylation sites (tertiary alicyclic amines) is 1. The number of aromatic nitrogens is 2. The number of nitrogens with one attached hydrogen (secondary N) is 1. The van der Waals surface area contributed by atoms with Crippen LogP contribution in [0.4, 0.5) is 0 Å². The molecule has 1 aliphatic heterocycles. The van der Waals surface area contributed by atoms with Gasteiger partial charge in [-0.25, -0.2) is 4.98 Å². The number of carbonyl (C=O) groups excluding carboxylic acids is 1. The van der Waals surface area contributed by atoms with E-state index in [2.05, 4.69) is 33.2 Å². The fourth-order valence-corrected chi connectivity index (χ4v) is 5.39. The molecular formula is C29H31Cl2N5O2. The lowest BCUT2D eigenvalue weighted by atomic mass is 9.86. The van der Waals surface area contributed by atoms with Crippen LogP contribution in [0.2, 0.25) is 10.0 Å². The molecule has 9 heteroatoms. The molecule has 0 bridgehead atoms. The summed E-state index contributed by atoms with van der Waals surface area (Å²) < 4.78 is 6.46. The Labute approximate surface area is 233 Å². The predicted molar refractivity (Wildman–Crippen MR) is 148 cm³/mol. The maximum Gasteiger partial charge on any atom is 0.254 e. The Morgan fingerprint density at radius 3 is 2.47 bits per heavy atom. The third kappa shape index (κ3) is 7.02. The fraction of sp³-hybridized carbons (Fsp3) is 0.379. The van der Waals surface area contributed by atoms with Crippen molar-refractivity contribution in [1.29, 1.82) is 5.26 Å². The van der Waals surface area contributed by atoms with E-state index < -0.39 is 0 Å². The van der Waals surface area contributed by atoms with E-state index in [1.54, 1.807) is 0 Å². The van der Waals surface area contributed by atoms with Crippen LogP contribution in [0, 0.1) is 24.2 Å². The highest BCUT2D eigenvalue weighted by atomic mass is 35.5. The second-order valence-electron chi connectivity index (χ2n) is 9.63. The van der Waals surface area contributed by atoms with Crippen molar-refractivity contribution in [1.82, 2.24) is 20.2 Å². The molecule has 4 rings (SSSR count). The summed E-state index contributed by atoms with van der Waals surface area (Å²) in [5.74, 6) is 0.630. The number of hydrogen-bond donors (Lipinski definition) is 1. The Balaban J connectivity index is 1.34. The van der Waals surface area contributed by atoms with Gasteiger partial charge >= 0.3 is 0 Å². The first kappa shape index (κ1) is 27.8. The van der Waals surface area contributed by atoms with E-state index in [0.717, 1.165) is 43.6 Å². The lowest BCUT2D eigenvalue weighted by Gasteiger charge is -2.39. The van der Waals surface area contributed by atoms with Crippen LogP contribution in [0.3, 0.4) is 0 Å². The first-order chi connectivity index (χ1) is 18.4. The Kier molecular flexibility index (Phi) is 9.57. The Morgan fingerprint density at radius 1 is 1.16 bits per heavy atom. The summed E-state index contributed by atoms with van der Waals surface area (Å²) in [4.78, 5) is 23.4. The van der Waals surface area contributed by atoms with Gasteiger partial charge in [-0.3, -0.25) is 9.78 Å². The molecule has 0 saturated carbocycles. The number of rotatable bonds is 9. The number of carbonyl (C=O) groups is 1. The number of aryl methyl sites for hydroxylation is 1. The number of amides is 1. The summed E-state index contributed by atoms with van der Waals surface area (Å²) >= 11 is 12.2. The maximum atomic E-state index is 12.5. The van der Waals surface area contributed by atoms with Gasteiger partial charge in [0, 0.05) is 42.7 Å². The van der Waals surface area contributed by atoms with Crippen molar-refractivity contribution in [2.24, 2.45) is 5.92 Å². The molecule has 2 unspecified atom stereocenters. The van der Waals surface area contributed by atoms with E-state index in [9.17, 15) is 10.1 Å². The van der Waals surface area contributed by atoms with Crippen LogP contribution in [0.5, 0.6) is 5.88 Å². The summed E-state index contributed by atoms with van der Waals surface area (Å²) in [7, 11) is 0. The highest BCUT2D eigenvalue weighted by Crippen LogP contribution is 2.35. The summed E-state index contributed by atoms with van der Waals surface area (Å²) in [6, 6.07) is 15.9. The van der Waals surface area contributed by atoms with E-state index in [4.69, 9.17) is 27.9 Å². The van der Waals surface area contributed by atoms with Crippen molar-refractivity contribution in [3.8, 4) is 11.9 Å². The maximum absolute atomic E-state index is 12.5. The van der Waals surface area contributed by atoms with Gasteiger partial charge in [-0.05, 0) is 70.0 Å². The van der Waals surface area contributed by atoms with Gasteiger partial charge in [-0.2, -0.15) is 5.26 Å². The predicted octanol–water partition coefficient (Wildman–Crippen LogP) is 6.00. The van der Waals surface area contributed by atoms with Crippen molar-refractivity contribution in [3.05, 3.63) is 87.3 Å². The van der Waals surface area contributed by atoms with Gasteiger partial charge in [0.15, 0.2) is 0 Å². The molecule has 7 nitrogen and oxygen atoms in total. The van der Waals surface area contributed by atoms with Gasteiger partial charge in [0.1, 0.15) is 6.10 Å². The molecule has 1 aromatic carbocycles. The molecule has 1 fully saturated rings. The minimum atomic E-state index is -0.291. The van der Waals surface area contributed by atoms with E-state index in [-0.39, 0.29) is 27.6 Å². The highest BCUT2D eigenvalue weighted by molar-refractivity contribution is 6.39. The van der Waals surface area contributed by atoms with Crippen LogP contribution in [-0.4, -0.2) is 46.5 Å². The molecule has 1 aliphatic rings.